The number of carbonyl (C=O) groups is 1. The summed E-state index contributed by atoms with van der Waals surface area (Å²) in [5.74, 6) is 2.20. The van der Waals surface area contributed by atoms with E-state index in [1.807, 2.05) is 6.92 Å². The summed E-state index contributed by atoms with van der Waals surface area (Å²) >= 11 is 0. The van der Waals surface area contributed by atoms with Gasteiger partial charge < -0.3 is 0 Å². The smallest absolute Gasteiger partial charge is 0.136 e. The van der Waals surface area contributed by atoms with Crippen molar-refractivity contribution < 1.29 is 4.79 Å². The first kappa shape index (κ1) is 8.03. The van der Waals surface area contributed by atoms with Gasteiger partial charge in [-0.05, 0) is 31.6 Å². The summed E-state index contributed by atoms with van der Waals surface area (Å²) < 4.78 is 0. The Morgan fingerprint density at radius 2 is 2.33 bits per heavy atom. The summed E-state index contributed by atoms with van der Waals surface area (Å²) in [5, 5.41) is 0. The number of rotatable bonds is 2. The Kier molecular flexibility index (Phi) is 1.82. The van der Waals surface area contributed by atoms with Gasteiger partial charge in [0.15, 0.2) is 0 Å². The van der Waals surface area contributed by atoms with E-state index in [4.69, 9.17) is 0 Å². The molecule has 0 aromatic rings. The van der Waals surface area contributed by atoms with E-state index in [0.29, 0.717) is 17.6 Å². The molecule has 1 fully saturated rings. The molecular weight excluding hydrogens is 148 g/mol. The maximum atomic E-state index is 11.5. The fourth-order valence-corrected chi connectivity index (χ4v) is 2.73. The lowest BCUT2D eigenvalue weighted by Crippen LogP contribution is -2.18. The number of fused-ring (bicyclic) bond motifs is 2. The molecule has 0 amide bonds. The molecule has 2 rings (SSSR count). The highest BCUT2D eigenvalue weighted by atomic mass is 16.1. The third-order valence-electron chi connectivity index (χ3n) is 3.49. The summed E-state index contributed by atoms with van der Waals surface area (Å²) in [6, 6.07) is 0. The van der Waals surface area contributed by atoms with Crippen molar-refractivity contribution in [3.8, 4) is 0 Å². The van der Waals surface area contributed by atoms with E-state index >= 15 is 0 Å². The van der Waals surface area contributed by atoms with Crippen molar-refractivity contribution >= 4 is 5.78 Å². The van der Waals surface area contributed by atoms with E-state index in [0.717, 1.165) is 18.8 Å². The monoisotopic (exact) mass is 164 g/mol. The summed E-state index contributed by atoms with van der Waals surface area (Å²) in [4.78, 5) is 11.5. The van der Waals surface area contributed by atoms with Gasteiger partial charge in [0.05, 0.1) is 0 Å². The Labute approximate surface area is 73.8 Å². The molecule has 0 radical (unpaired) electrons. The minimum Gasteiger partial charge on any atom is -0.299 e. The zero-order valence-electron chi connectivity index (χ0n) is 7.84. The van der Waals surface area contributed by atoms with E-state index in [1.165, 1.54) is 12.0 Å². The average Bonchev–Trinajstić information content (AvgIpc) is 2.60. The van der Waals surface area contributed by atoms with Crippen molar-refractivity contribution in [1.29, 1.82) is 0 Å². The molecule has 0 unspecified atom stereocenters. The van der Waals surface area contributed by atoms with Crippen LogP contribution in [0.5, 0.6) is 0 Å². The van der Waals surface area contributed by atoms with Crippen LogP contribution >= 0.6 is 0 Å². The number of Topliss-reactive ketones (excluding diaryl/α,β-unsaturated/α-hetero) is 1. The minimum absolute atomic E-state index is 0.378. The van der Waals surface area contributed by atoms with Crippen molar-refractivity contribution in [1.82, 2.24) is 0 Å². The first-order chi connectivity index (χ1) is 5.72. The maximum Gasteiger partial charge on any atom is 0.136 e. The van der Waals surface area contributed by atoms with Gasteiger partial charge in [0.25, 0.3) is 0 Å². The van der Waals surface area contributed by atoms with E-state index in [9.17, 15) is 4.79 Å². The summed E-state index contributed by atoms with van der Waals surface area (Å²) in [6.07, 6.45) is 5.44. The van der Waals surface area contributed by atoms with E-state index < -0.39 is 0 Å². The second kappa shape index (κ2) is 2.72. The Bertz CT molecular complexity index is 239. The zero-order valence-corrected chi connectivity index (χ0v) is 7.84. The zero-order chi connectivity index (χ0) is 8.72. The third-order valence-corrected chi connectivity index (χ3v) is 3.49. The summed E-state index contributed by atoms with van der Waals surface area (Å²) in [5.41, 5.74) is 1.53. The molecule has 0 N–H and O–H groups in total. The maximum absolute atomic E-state index is 11.5. The van der Waals surface area contributed by atoms with E-state index in [2.05, 4.69) is 13.0 Å². The van der Waals surface area contributed by atoms with E-state index in [1.54, 1.807) is 0 Å². The molecule has 0 spiro atoms. The number of carbonyl (C=O) groups excluding carboxylic acids is 1. The fourth-order valence-electron chi connectivity index (χ4n) is 2.73. The third kappa shape index (κ3) is 1.03. The lowest BCUT2D eigenvalue weighted by molar-refractivity contribution is -0.123. The van der Waals surface area contributed by atoms with Gasteiger partial charge in [-0.2, -0.15) is 0 Å². The average molecular weight is 164 g/mol. The van der Waals surface area contributed by atoms with Crippen LogP contribution in [0.2, 0.25) is 0 Å². The van der Waals surface area contributed by atoms with Gasteiger partial charge in [-0.25, -0.2) is 0 Å². The quantitative estimate of drug-likeness (QED) is 0.573. The molecule has 0 aliphatic heterocycles. The van der Waals surface area contributed by atoms with Crippen LogP contribution < -0.4 is 0 Å². The normalized spacial score (nSPS) is 38.5. The van der Waals surface area contributed by atoms with E-state index in [-0.39, 0.29) is 0 Å². The molecule has 1 heteroatoms. The molecule has 1 saturated carbocycles. The van der Waals surface area contributed by atoms with Gasteiger partial charge in [0.2, 0.25) is 0 Å². The number of ketones is 1. The lowest BCUT2D eigenvalue weighted by atomic mass is 9.86. The highest BCUT2D eigenvalue weighted by Gasteiger charge is 2.41. The predicted octanol–water partition coefficient (Wildman–Crippen LogP) is 2.57. The topological polar surface area (TPSA) is 17.1 Å². The standard InChI is InChI=1S/C11H16O/c1-3-11(12)10-6-8-5-9(10)4-7(8)2/h4,8-10H,3,5-6H2,1-2H3/t8-,9+,10-/m0/s1. The van der Waals surface area contributed by atoms with Crippen LogP contribution in [0.15, 0.2) is 11.6 Å². The van der Waals surface area contributed by atoms with Gasteiger partial charge in [-0.1, -0.05) is 18.6 Å². The molecule has 12 heavy (non-hydrogen) atoms. The lowest BCUT2D eigenvalue weighted by Gasteiger charge is -2.17. The Balaban J connectivity index is 2.12. The van der Waals surface area contributed by atoms with Crippen LogP contribution in [0.3, 0.4) is 0 Å². The molecule has 0 aromatic heterocycles. The molecule has 2 aliphatic carbocycles. The van der Waals surface area contributed by atoms with Crippen LogP contribution in [0.25, 0.3) is 0 Å². The van der Waals surface area contributed by atoms with Gasteiger partial charge in [0, 0.05) is 12.3 Å². The first-order valence-corrected chi connectivity index (χ1v) is 4.93. The summed E-state index contributed by atoms with van der Waals surface area (Å²) in [7, 11) is 0. The second-order valence-corrected chi connectivity index (χ2v) is 4.17. The van der Waals surface area contributed by atoms with Crippen molar-refractivity contribution in [2.75, 3.05) is 0 Å². The van der Waals surface area contributed by atoms with Crippen molar-refractivity contribution in [2.45, 2.75) is 33.1 Å². The van der Waals surface area contributed by atoms with Crippen molar-refractivity contribution in [3.63, 3.8) is 0 Å². The molecule has 2 bridgehead atoms. The Morgan fingerprint density at radius 3 is 2.75 bits per heavy atom. The highest BCUT2D eigenvalue weighted by Crippen LogP contribution is 2.47. The van der Waals surface area contributed by atoms with Crippen molar-refractivity contribution in [3.05, 3.63) is 11.6 Å². The largest absolute Gasteiger partial charge is 0.299 e. The van der Waals surface area contributed by atoms with Crippen LogP contribution in [-0.2, 0) is 4.79 Å². The number of hydrogen-bond donors (Lipinski definition) is 0. The van der Waals surface area contributed by atoms with Crippen LogP contribution in [-0.4, -0.2) is 5.78 Å². The molecule has 0 aromatic carbocycles. The van der Waals surface area contributed by atoms with Gasteiger partial charge in [-0.15, -0.1) is 0 Å². The van der Waals surface area contributed by atoms with Crippen LogP contribution in [0.1, 0.15) is 33.1 Å². The Hall–Kier alpha value is -0.590. The summed E-state index contributed by atoms with van der Waals surface area (Å²) in [6.45, 7) is 4.18. The molecule has 0 heterocycles. The van der Waals surface area contributed by atoms with Crippen molar-refractivity contribution in [2.24, 2.45) is 17.8 Å². The van der Waals surface area contributed by atoms with Gasteiger partial charge in [-0.3, -0.25) is 4.79 Å². The Morgan fingerprint density at radius 1 is 1.58 bits per heavy atom. The molecule has 66 valence electrons. The highest BCUT2D eigenvalue weighted by molar-refractivity contribution is 5.82. The molecule has 0 saturated heterocycles. The van der Waals surface area contributed by atoms with Gasteiger partial charge in [0.1, 0.15) is 5.78 Å². The van der Waals surface area contributed by atoms with Crippen LogP contribution in [0.4, 0.5) is 0 Å². The molecule has 2 aliphatic rings. The van der Waals surface area contributed by atoms with Gasteiger partial charge >= 0.3 is 0 Å². The second-order valence-electron chi connectivity index (χ2n) is 4.17. The molecule has 3 atom stereocenters. The number of allylic oxidation sites excluding steroid dienone is 2. The predicted molar refractivity (Wildman–Crippen MR) is 48.8 cm³/mol. The molecular formula is C11H16O. The minimum atomic E-state index is 0.378. The molecule has 1 nitrogen and oxygen atoms in total. The fraction of sp³-hybridized carbons (Fsp3) is 0.727. The van der Waals surface area contributed by atoms with Crippen LogP contribution in [0, 0.1) is 17.8 Å². The first-order valence-electron chi connectivity index (χ1n) is 4.93. The number of hydrogen-bond acceptors (Lipinski definition) is 1. The SMILES string of the molecule is CCC(=O)[C@H]1C[C@@H]2C[C@H]1C=C2C.